The number of aromatic nitrogens is 2. The molecule has 0 aliphatic heterocycles. The Labute approximate surface area is 117 Å². The van der Waals surface area contributed by atoms with Crippen LogP contribution in [0, 0.1) is 0 Å². The first-order valence-electron chi connectivity index (χ1n) is 5.96. The molecule has 0 amide bonds. The molecule has 2 aromatic rings. The largest absolute Gasteiger partial charge is 0.385 e. The molecular weight excluding hydrogens is 271 g/mol. The van der Waals surface area contributed by atoms with Crippen molar-refractivity contribution < 1.29 is 4.74 Å². The van der Waals surface area contributed by atoms with E-state index in [1.807, 2.05) is 18.2 Å². The van der Waals surface area contributed by atoms with Crippen molar-refractivity contribution in [1.82, 2.24) is 9.55 Å². The molecular formula is C13H16Cl2N2O. The van der Waals surface area contributed by atoms with E-state index in [4.69, 9.17) is 27.9 Å². The van der Waals surface area contributed by atoms with Crippen LogP contribution in [-0.2, 0) is 17.7 Å². The fourth-order valence-corrected chi connectivity index (χ4v) is 2.37. The summed E-state index contributed by atoms with van der Waals surface area (Å²) in [7, 11) is 1.71. The van der Waals surface area contributed by atoms with E-state index in [0.717, 1.165) is 47.9 Å². The first-order chi connectivity index (χ1) is 8.76. The number of nitrogens with zero attached hydrogens (tertiary/aromatic N) is 2. The molecule has 18 heavy (non-hydrogen) atoms. The minimum atomic E-state index is 0.571. The summed E-state index contributed by atoms with van der Waals surface area (Å²) in [6, 6.07) is 5.76. The Kier molecular flexibility index (Phi) is 4.87. The van der Waals surface area contributed by atoms with E-state index in [1.54, 1.807) is 7.11 Å². The van der Waals surface area contributed by atoms with Gasteiger partial charge in [0.1, 0.15) is 5.82 Å². The average Bonchev–Trinajstić information content (AvgIpc) is 2.68. The highest BCUT2D eigenvalue weighted by Crippen LogP contribution is 2.21. The van der Waals surface area contributed by atoms with E-state index in [-0.39, 0.29) is 0 Å². The molecule has 0 radical (unpaired) electrons. The second kappa shape index (κ2) is 6.41. The van der Waals surface area contributed by atoms with Gasteiger partial charge in [-0.1, -0.05) is 11.6 Å². The molecule has 1 aromatic carbocycles. The molecule has 0 aliphatic rings. The van der Waals surface area contributed by atoms with Crippen LogP contribution in [0.1, 0.15) is 12.2 Å². The first-order valence-corrected chi connectivity index (χ1v) is 6.87. The third-order valence-corrected chi connectivity index (χ3v) is 3.26. The summed E-state index contributed by atoms with van der Waals surface area (Å²) in [6.45, 7) is 1.61. The number of hydrogen-bond donors (Lipinski definition) is 0. The molecule has 0 fully saturated rings. The van der Waals surface area contributed by atoms with Crippen LogP contribution in [0.25, 0.3) is 11.0 Å². The summed E-state index contributed by atoms with van der Waals surface area (Å²) in [5, 5.41) is 0.729. The van der Waals surface area contributed by atoms with Crippen molar-refractivity contribution in [3.8, 4) is 0 Å². The van der Waals surface area contributed by atoms with Gasteiger partial charge in [0.2, 0.25) is 0 Å². The molecule has 0 saturated carbocycles. The van der Waals surface area contributed by atoms with E-state index in [2.05, 4.69) is 9.55 Å². The predicted molar refractivity (Wildman–Crippen MR) is 75.7 cm³/mol. The average molecular weight is 287 g/mol. The topological polar surface area (TPSA) is 27.1 Å². The van der Waals surface area contributed by atoms with Gasteiger partial charge in [-0.3, -0.25) is 0 Å². The number of benzene rings is 1. The van der Waals surface area contributed by atoms with E-state index >= 15 is 0 Å². The van der Waals surface area contributed by atoms with Gasteiger partial charge in [-0.25, -0.2) is 4.98 Å². The molecule has 0 aliphatic carbocycles. The van der Waals surface area contributed by atoms with Crippen molar-refractivity contribution in [3.63, 3.8) is 0 Å². The van der Waals surface area contributed by atoms with Gasteiger partial charge >= 0.3 is 0 Å². The maximum absolute atomic E-state index is 6.05. The van der Waals surface area contributed by atoms with Crippen molar-refractivity contribution >= 4 is 34.2 Å². The second-order valence-corrected chi connectivity index (χ2v) is 4.91. The Morgan fingerprint density at radius 2 is 2.22 bits per heavy atom. The number of imidazole rings is 1. The number of hydrogen-bond acceptors (Lipinski definition) is 2. The van der Waals surface area contributed by atoms with Crippen LogP contribution < -0.4 is 0 Å². The first kappa shape index (κ1) is 13.7. The summed E-state index contributed by atoms with van der Waals surface area (Å²) in [4.78, 5) is 4.60. The Morgan fingerprint density at radius 3 is 2.94 bits per heavy atom. The molecule has 5 heteroatoms. The monoisotopic (exact) mass is 286 g/mol. The fourth-order valence-electron chi connectivity index (χ4n) is 2.04. The zero-order valence-electron chi connectivity index (χ0n) is 10.3. The van der Waals surface area contributed by atoms with Gasteiger partial charge in [-0.15, -0.1) is 11.6 Å². The Morgan fingerprint density at radius 1 is 1.39 bits per heavy atom. The van der Waals surface area contributed by atoms with Crippen molar-refractivity contribution in [2.75, 3.05) is 19.6 Å². The van der Waals surface area contributed by atoms with Gasteiger partial charge in [0, 0.05) is 37.6 Å². The van der Waals surface area contributed by atoms with Crippen LogP contribution in [-0.4, -0.2) is 29.1 Å². The van der Waals surface area contributed by atoms with Gasteiger partial charge < -0.3 is 9.30 Å². The fraction of sp³-hybridized carbons (Fsp3) is 0.462. The summed E-state index contributed by atoms with van der Waals surface area (Å²) in [5.74, 6) is 1.58. The lowest BCUT2D eigenvalue weighted by Gasteiger charge is -2.08. The van der Waals surface area contributed by atoms with Crippen LogP contribution >= 0.6 is 23.2 Å². The highest BCUT2D eigenvalue weighted by molar-refractivity contribution is 6.31. The van der Waals surface area contributed by atoms with E-state index in [1.165, 1.54) is 0 Å². The number of rotatable bonds is 6. The number of halogens is 2. The summed E-state index contributed by atoms with van der Waals surface area (Å²) in [5.41, 5.74) is 2.04. The standard InChI is InChI=1S/C13H16Cl2N2O/c1-18-8-2-7-17-12-9-10(15)3-4-11(12)16-13(17)5-6-14/h3-4,9H,2,5-8H2,1H3. The van der Waals surface area contributed by atoms with Crippen molar-refractivity contribution in [2.24, 2.45) is 0 Å². The molecule has 1 heterocycles. The van der Waals surface area contributed by atoms with Crippen LogP contribution in [0.4, 0.5) is 0 Å². The third kappa shape index (κ3) is 2.97. The minimum Gasteiger partial charge on any atom is -0.385 e. The predicted octanol–water partition coefficient (Wildman–Crippen LogP) is 3.51. The summed E-state index contributed by atoms with van der Waals surface area (Å²) < 4.78 is 7.27. The minimum absolute atomic E-state index is 0.571. The van der Waals surface area contributed by atoms with Crippen molar-refractivity contribution in [3.05, 3.63) is 29.0 Å². The lowest BCUT2D eigenvalue weighted by Crippen LogP contribution is -2.06. The molecule has 98 valence electrons. The van der Waals surface area contributed by atoms with Crippen LogP contribution in [0.5, 0.6) is 0 Å². The Bertz CT molecular complexity index is 525. The smallest absolute Gasteiger partial charge is 0.111 e. The highest BCUT2D eigenvalue weighted by Gasteiger charge is 2.10. The molecule has 3 nitrogen and oxygen atoms in total. The lowest BCUT2D eigenvalue weighted by molar-refractivity contribution is 0.190. The molecule has 1 aromatic heterocycles. The number of aryl methyl sites for hydroxylation is 2. The van der Waals surface area contributed by atoms with Gasteiger partial charge in [0.25, 0.3) is 0 Å². The highest BCUT2D eigenvalue weighted by atomic mass is 35.5. The van der Waals surface area contributed by atoms with Crippen LogP contribution in [0.3, 0.4) is 0 Å². The number of ether oxygens (including phenoxy) is 1. The number of alkyl halides is 1. The summed E-state index contributed by atoms with van der Waals surface area (Å²) >= 11 is 11.9. The lowest BCUT2D eigenvalue weighted by atomic mass is 10.3. The molecule has 0 unspecified atom stereocenters. The molecule has 0 saturated heterocycles. The Balaban J connectivity index is 2.36. The van der Waals surface area contributed by atoms with Crippen molar-refractivity contribution in [1.29, 1.82) is 0 Å². The Hall–Kier alpha value is -0.770. The normalized spacial score (nSPS) is 11.3. The summed E-state index contributed by atoms with van der Waals surface area (Å²) in [6.07, 6.45) is 1.71. The number of methoxy groups -OCH3 is 1. The van der Waals surface area contributed by atoms with Crippen LogP contribution in [0.2, 0.25) is 5.02 Å². The van der Waals surface area contributed by atoms with Gasteiger partial charge in [-0.05, 0) is 24.6 Å². The molecule has 0 atom stereocenters. The molecule has 0 spiro atoms. The third-order valence-electron chi connectivity index (χ3n) is 2.84. The molecule has 0 N–H and O–H groups in total. The number of fused-ring (bicyclic) bond motifs is 1. The maximum Gasteiger partial charge on any atom is 0.111 e. The maximum atomic E-state index is 6.05. The second-order valence-electron chi connectivity index (χ2n) is 4.10. The van der Waals surface area contributed by atoms with Gasteiger partial charge in [-0.2, -0.15) is 0 Å². The van der Waals surface area contributed by atoms with Crippen LogP contribution in [0.15, 0.2) is 18.2 Å². The van der Waals surface area contributed by atoms with E-state index < -0.39 is 0 Å². The zero-order chi connectivity index (χ0) is 13.0. The molecule has 2 rings (SSSR count). The SMILES string of the molecule is COCCCn1c(CCCl)nc2ccc(Cl)cc21. The van der Waals surface area contributed by atoms with E-state index in [0.29, 0.717) is 5.88 Å². The van der Waals surface area contributed by atoms with Crippen molar-refractivity contribution in [2.45, 2.75) is 19.4 Å². The van der Waals surface area contributed by atoms with E-state index in [9.17, 15) is 0 Å². The molecule has 0 bridgehead atoms. The zero-order valence-corrected chi connectivity index (χ0v) is 11.8. The quantitative estimate of drug-likeness (QED) is 0.600. The van der Waals surface area contributed by atoms with Gasteiger partial charge in [0.15, 0.2) is 0 Å². The van der Waals surface area contributed by atoms with Gasteiger partial charge in [0.05, 0.1) is 11.0 Å².